The molecule has 0 aliphatic carbocycles. The van der Waals surface area contributed by atoms with Crippen LogP contribution in [-0.4, -0.2) is 45.7 Å². The van der Waals surface area contributed by atoms with Gasteiger partial charge >= 0.3 is 0 Å². The molecule has 0 aromatic heterocycles. The second-order valence-electron chi connectivity index (χ2n) is 5.27. The summed E-state index contributed by atoms with van der Waals surface area (Å²) in [7, 11) is -3.85. The van der Waals surface area contributed by atoms with Crippen molar-refractivity contribution in [2.24, 2.45) is 0 Å². The summed E-state index contributed by atoms with van der Waals surface area (Å²) in [5, 5.41) is 0. The first-order valence-corrected chi connectivity index (χ1v) is 7.88. The topological polar surface area (TPSA) is 74.4 Å². The van der Waals surface area contributed by atoms with Crippen molar-refractivity contribution >= 4 is 10.1 Å². The average Bonchev–Trinajstić information content (AvgIpc) is 3.09. The summed E-state index contributed by atoms with van der Waals surface area (Å²) < 4.78 is 46.2. The number of hydrogen-bond acceptors (Lipinski definition) is 6. The van der Waals surface area contributed by atoms with Gasteiger partial charge in [-0.2, -0.15) is 8.42 Å². The summed E-state index contributed by atoms with van der Waals surface area (Å²) >= 11 is 0. The molecule has 2 bridgehead atoms. The Hall–Kier alpha value is -0.990. The molecule has 3 fully saturated rings. The van der Waals surface area contributed by atoms with Gasteiger partial charge in [0, 0.05) is 0 Å². The van der Waals surface area contributed by atoms with Gasteiger partial charge in [-0.15, -0.1) is 0 Å². The molecule has 0 amide bonds. The smallest absolute Gasteiger partial charge is 0.297 e. The third-order valence-electron chi connectivity index (χ3n) is 3.80. The highest BCUT2D eigenvalue weighted by atomic mass is 32.2. The Morgan fingerprint density at radius 1 is 1.15 bits per heavy atom. The first-order chi connectivity index (χ1) is 9.54. The monoisotopic (exact) mass is 298 g/mol. The largest absolute Gasteiger partial charge is 0.364 e. The van der Waals surface area contributed by atoms with Crippen molar-refractivity contribution in [1.82, 2.24) is 0 Å². The molecule has 3 aliphatic heterocycles. The molecule has 4 rings (SSSR count). The predicted octanol–water partition coefficient (Wildman–Crippen LogP) is 0.591. The van der Waals surface area contributed by atoms with E-state index in [1.807, 2.05) is 6.92 Å². The van der Waals surface area contributed by atoms with E-state index in [2.05, 4.69) is 0 Å². The van der Waals surface area contributed by atoms with E-state index < -0.39 is 22.5 Å². The van der Waals surface area contributed by atoms with E-state index in [4.69, 9.17) is 18.4 Å². The zero-order valence-corrected chi connectivity index (χ0v) is 11.6. The lowest BCUT2D eigenvalue weighted by atomic mass is 10.1. The quantitative estimate of drug-likeness (QED) is 0.600. The maximum absolute atomic E-state index is 12.3. The van der Waals surface area contributed by atoms with E-state index in [0.29, 0.717) is 6.61 Å². The lowest BCUT2D eigenvalue weighted by Gasteiger charge is -2.23. The van der Waals surface area contributed by atoms with Gasteiger partial charge in [-0.1, -0.05) is 17.7 Å². The normalized spacial score (nSPS) is 38.5. The van der Waals surface area contributed by atoms with Crippen LogP contribution in [-0.2, 0) is 28.5 Å². The van der Waals surface area contributed by atoms with E-state index in [1.165, 1.54) is 12.1 Å². The van der Waals surface area contributed by atoms with E-state index in [1.54, 1.807) is 12.1 Å². The van der Waals surface area contributed by atoms with Crippen LogP contribution in [0.2, 0.25) is 0 Å². The number of benzene rings is 1. The van der Waals surface area contributed by atoms with Crippen LogP contribution in [0.3, 0.4) is 0 Å². The van der Waals surface area contributed by atoms with Crippen LogP contribution >= 0.6 is 0 Å². The Morgan fingerprint density at radius 3 is 2.65 bits per heavy atom. The van der Waals surface area contributed by atoms with E-state index in [9.17, 15) is 8.42 Å². The van der Waals surface area contributed by atoms with Crippen molar-refractivity contribution in [1.29, 1.82) is 0 Å². The van der Waals surface area contributed by atoms with Gasteiger partial charge < -0.3 is 14.2 Å². The van der Waals surface area contributed by atoms with Crippen LogP contribution in [0.15, 0.2) is 29.2 Å². The molecule has 0 saturated carbocycles. The second-order valence-corrected chi connectivity index (χ2v) is 6.84. The lowest BCUT2D eigenvalue weighted by Crippen LogP contribution is -2.42. The van der Waals surface area contributed by atoms with Crippen LogP contribution in [0, 0.1) is 6.92 Å². The highest BCUT2D eigenvalue weighted by Crippen LogP contribution is 2.43. The molecule has 6 nitrogen and oxygen atoms in total. The average molecular weight is 298 g/mol. The van der Waals surface area contributed by atoms with Gasteiger partial charge in [-0.05, 0) is 19.1 Å². The molecule has 3 saturated heterocycles. The molecule has 7 heteroatoms. The standard InChI is InChI=1S/C13H14O6S/c1-7-2-4-8(5-3-7)20(14,15)19-12-11-10(18-11)9-6-16-13(12)17-9/h2-5,9-13H,6H2,1H3/t9?,10-,11+,12-,13+/m0/s1. The van der Waals surface area contributed by atoms with Crippen LogP contribution in [0.1, 0.15) is 5.56 Å². The molecule has 1 aromatic rings. The SMILES string of the molecule is Cc1ccc(S(=O)(=O)O[C@@H]2[C@@H]3OCC(O3)[C@@H]3O[C@@H]23)cc1. The Bertz CT molecular complexity index is 625. The molecule has 1 unspecified atom stereocenters. The van der Waals surface area contributed by atoms with Crippen molar-refractivity contribution in [3.05, 3.63) is 29.8 Å². The lowest BCUT2D eigenvalue weighted by molar-refractivity contribution is -0.133. The molecule has 3 heterocycles. The summed E-state index contributed by atoms with van der Waals surface area (Å²) in [4.78, 5) is 0.125. The number of aryl methyl sites for hydroxylation is 1. The van der Waals surface area contributed by atoms with Gasteiger partial charge in [0.2, 0.25) is 0 Å². The minimum absolute atomic E-state index is 0.0908. The summed E-state index contributed by atoms with van der Waals surface area (Å²) in [6.07, 6.45) is -1.84. The molecule has 20 heavy (non-hydrogen) atoms. The van der Waals surface area contributed by atoms with Crippen molar-refractivity contribution in [3.8, 4) is 0 Å². The third-order valence-corrected chi connectivity index (χ3v) is 5.13. The Kier molecular flexibility index (Phi) is 2.71. The minimum atomic E-state index is -3.85. The van der Waals surface area contributed by atoms with Gasteiger partial charge in [0.1, 0.15) is 18.3 Å². The molecule has 108 valence electrons. The Balaban J connectivity index is 1.57. The van der Waals surface area contributed by atoms with Crippen LogP contribution in [0.4, 0.5) is 0 Å². The van der Waals surface area contributed by atoms with Crippen LogP contribution in [0.25, 0.3) is 0 Å². The molecule has 0 radical (unpaired) electrons. The molecule has 3 aliphatic rings. The highest BCUT2D eigenvalue weighted by Gasteiger charge is 2.63. The molecular formula is C13H14O6S. The zero-order chi connectivity index (χ0) is 13.9. The first-order valence-electron chi connectivity index (χ1n) is 6.47. The maximum Gasteiger partial charge on any atom is 0.297 e. The fraction of sp³-hybridized carbons (Fsp3) is 0.538. The minimum Gasteiger partial charge on any atom is -0.364 e. The number of hydrogen-bond donors (Lipinski definition) is 0. The summed E-state index contributed by atoms with van der Waals surface area (Å²) in [5.74, 6) is 0. The zero-order valence-electron chi connectivity index (χ0n) is 10.8. The van der Waals surface area contributed by atoms with Crippen molar-refractivity contribution in [2.75, 3.05) is 6.61 Å². The Morgan fingerprint density at radius 2 is 1.90 bits per heavy atom. The summed E-state index contributed by atoms with van der Waals surface area (Å²) in [5.41, 5.74) is 0.984. The number of epoxide rings is 1. The second kappa shape index (κ2) is 4.25. The molecule has 1 aromatic carbocycles. The van der Waals surface area contributed by atoms with Gasteiger partial charge in [0.05, 0.1) is 11.5 Å². The highest BCUT2D eigenvalue weighted by molar-refractivity contribution is 7.86. The first kappa shape index (κ1) is 12.7. The third kappa shape index (κ3) is 1.97. The van der Waals surface area contributed by atoms with Gasteiger partial charge in [0.15, 0.2) is 12.4 Å². The molecule has 0 N–H and O–H groups in total. The maximum atomic E-state index is 12.3. The van der Waals surface area contributed by atoms with Gasteiger partial charge in [-0.3, -0.25) is 4.18 Å². The van der Waals surface area contributed by atoms with Crippen molar-refractivity contribution < 1.29 is 26.8 Å². The van der Waals surface area contributed by atoms with Crippen molar-refractivity contribution in [2.45, 2.75) is 42.5 Å². The van der Waals surface area contributed by atoms with Crippen LogP contribution in [0.5, 0.6) is 0 Å². The number of ether oxygens (including phenoxy) is 3. The predicted molar refractivity (Wildman–Crippen MR) is 66.5 cm³/mol. The van der Waals surface area contributed by atoms with Gasteiger partial charge in [-0.25, -0.2) is 0 Å². The number of rotatable bonds is 3. The van der Waals surface area contributed by atoms with Crippen LogP contribution < -0.4 is 0 Å². The van der Waals surface area contributed by atoms with Crippen molar-refractivity contribution in [3.63, 3.8) is 0 Å². The van der Waals surface area contributed by atoms with Gasteiger partial charge in [0.25, 0.3) is 10.1 Å². The molecular weight excluding hydrogens is 284 g/mol. The van der Waals surface area contributed by atoms with E-state index in [-0.39, 0.29) is 23.2 Å². The molecule has 5 atom stereocenters. The van der Waals surface area contributed by atoms with E-state index >= 15 is 0 Å². The fourth-order valence-corrected chi connectivity index (χ4v) is 3.72. The number of fused-ring (bicyclic) bond motifs is 4. The Labute approximate surface area is 116 Å². The van der Waals surface area contributed by atoms with E-state index in [0.717, 1.165) is 5.56 Å². The molecule has 0 spiro atoms. The summed E-state index contributed by atoms with van der Waals surface area (Å²) in [6, 6.07) is 6.51. The summed E-state index contributed by atoms with van der Waals surface area (Å²) in [6.45, 7) is 2.32. The fourth-order valence-electron chi connectivity index (χ4n) is 2.65.